The van der Waals surface area contributed by atoms with Gasteiger partial charge in [0.1, 0.15) is 17.4 Å². The van der Waals surface area contributed by atoms with Crippen LogP contribution in [0.2, 0.25) is 0 Å². The lowest BCUT2D eigenvalue weighted by Crippen LogP contribution is -2.20. The molecule has 3 nitrogen and oxygen atoms in total. The quantitative estimate of drug-likeness (QED) is 0.863. The van der Waals surface area contributed by atoms with E-state index in [0.29, 0.717) is 5.57 Å². The van der Waals surface area contributed by atoms with Gasteiger partial charge in [-0.25, -0.2) is 0 Å². The summed E-state index contributed by atoms with van der Waals surface area (Å²) < 4.78 is 5.58. The number of aryl methyl sites for hydroxylation is 1. The number of rotatable bonds is 1. The van der Waals surface area contributed by atoms with Gasteiger partial charge in [0.25, 0.3) is 0 Å². The Labute approximate surface area is 115 Å². The summed E-state index contributed by atoms with van der Waals surface area (Å²) in [5, 5.41) is 11.4. The molecule has 1 unspecified atom stereocenters. The second kappa shape index (κ2) is 4.45. The molecule has 0 saturated carbocycles. The Kier molecular flexibility index (Phi) is 2.77. The summed E-state index contributed by atoms with van der Waals surface area (Å²) in [4.78, 5) is 1.10. The Morgan fingerprint density at radius 3 is 2.89 bits per heavy atom. The van der Waals surface area contributed by atoms with Crippen molar-refractivity contribution in [2.75, 3.05) is 0 Å². The number of nitriles is 1. The maximum atomic E-state index is 9.35. The first-order chi connectivity index (χ1) is 9.20. The molecule has 0 radical (unpaired) electrons. The zero-order chi connectivity index (χ0) is 13.4. The molecule has 19 heavy (non-hydrogen) atoms. The molecule has 1 atom stereocenters. The molecule has 1 aromatic heterocycles. The predicted octanol–water partition coefficient (Wildman–Crippen LogP) is 3.27. The predicted molar refractivity (Wildman–Crippen MR) is 74.8 cm³/mol. The van der Waals surface area contributed by atoms with Crippen LogP contribution >= 0.6 is 11.3 Å². The molecule has 0 saturated heterocycles. The van der Waals surface area contributed by atoms with E-state index in [1.807, 2.05) is 42.6 Å². The Bertz CT molecular complexity index is 695. The first kappa shape index (κ1) is 11.8. The van der Waals surface area contributed by atoms with Gasteiger partial charge in [0, 0.05) is 10.4 Å². The number of fused-ring (bicyclic) bond motifs is 1. The third-order valence-corrected chi connectivity index (χ3v) is 4.14. The molecule has 1 aromatic carbocycles. The third kappa shape index (κ3) is 1.88. The second-order valence-electron chi connectivity index (χ2n) is 4.48. The van der Waals surface area contributed by atoms with E-state index in [-0.39, 0.29) is 11.8 Å². The van der Waals surface area contributed by atoms with E-state index in [9.17, 15) is 5.26 Å². The zero-order valence-electron chi connectivity index (χ0n) is 10.4. The van der Waals surface area contributed by atoms with Gasteiger partial charge < -0.3 is 10.5 Å². The third-order valence-electron chi connectivity index (χ3n) is 3.20. The standard InChI is InChI=1S/C15H12N2OS/c1-9-4-5-10-12(7-9)18-15(17)11(8-16)14(10)13-3-2-6-19-13/h2-7,14H,17H2,1H3. The molecule has 4 heteroatoms. The summed E-state index contributed by atoms with van der Waals surface area (Å²) in [6.45, 7) is 2.00. The molecule has 0 fully saturated rings. The van der Waals surface area contributed by atoms with Crippen LogP contribution in [0.15, 0.2) is 47.2 Å². The van der Waals surface area contributed by atoms with Crippen LogP contribution in [0.25, 0.3) is 0 Å². The molecule has 0 bridgehead atoms. The number of nitrogens with two attached hydrogens (primary N) is 1. The Morgan fingerprint density at radius 1 is 1.37 bits per heavy atom. The minimum absolute atomic E-state index is 0.116. The fourth-order valence-corrected chi connectivity index (χ4v) is 3.16. The highest BCUT2D eigenvalue weighted by atomic mass is 32.1. The van der Waals surface area contributed by atoms with E-state index in [1.165, 1.54) is 0 Å². The van der Waals surface area contributed by atoms with Crippen molar-refractivity contribution in [2.45, 2.75) is 12.8 Å². The van der Waals surface area contributed by atoms with Gasteiger partial charge in [-0.3, -0.25) is 0 Å². The first-order valence-corrected chi connectivity index (χ1v) is 6.80. The van der Waals surface area contributed by atoms with Crippen LogP contribution in [0.5, 0.6) is 5.75 Å². The molecule has 0 aliphatic carbocycles. The number of hydrogen-bond donors (Lipinski definition) is 1. The van der Waals surface area contributed by atoms with Crippen molar-refractivity contribution in [3.05, 3.63) is 63.2 Å². The van der Waals surface area contributed by atoms with Crippen LogP contribution in [0, 0.1) is 18.3 Å². The lowest BCUT2D eigenvalue weighted by molar-refractivity contribution is 0.394. The molecule has 2 heterocycles. The van der Waals surface area contributed by atoms with Crippen molar-refractivity contribution in [3.63, 3.8) is 0 Å². The number of nitrogens with zero attached hydrogens (tertiary/aromatic N) is 1. The molecular formula is C15H12N2OS. The number of benzene rings is 1. The number of ether oxygens (including phenoxy) is 1. The van der Waals surface area contributed by atoms with Gasteiger partial charge in [0.15, 0.2) is 0 Å². The highest BCUT2D eigenvalue weighted by Crippen LogP contribution is 2.43. The van der Waals surface area contributed by atoms with Crippen molar-refractivity contribution in [1.29, 1.82) is 5.26 Å². The van der Waals surface area contributed by atoms with Crippen LogP contribution in [-0.4, -0.2) is 0 Å². The Morgan fingerprint density at radius 2 is 2.21 bits per heavy atom. The van der Waals surface area contributed by atoms with E-state index in [1.54, 1.807) is 11.3 Å². The maximum Gasteiger partial charge on any atom is 0.205 e. The van der Waals surface area contributed by atoms with Gasteiger partial charge in [0.2, 0.25) is 5.88 Å². The molecule has 0 spiro atoms. The lowest BCUT2D eigenvalue weighted by atomic mass is 9.87. The van der Waals surface area contributed by atoms with Crippen molar-refractivity contribution >= 4 is 11.3 Å². The van der Waals surface area contributed by atoms with E-state index in [2.05, 4.69) is 6.07 Å². The van der Waals surface area contributed by atoms with E-state index in [4.69, 9.17) is 10.5 Å². The highest BCUT2D eigenvalue weighted by Gasteiger charge is 2.30. The fraction of sp³-hybridized carbons (Fsp3) is 0.133. The normalized spacial score (nSPS) is 17.6. The van der Waals surface area contributed by atoms with Gasteiger partial charge in [-0.05, 0) is 30.0 Å². The molecule has 1 aliphatic rings. The van der Waals surface area contributed by atoms with E-state index in [0.717, 1.165) is 21.8 Å². The average Bonchev–Trinajstić information content (AvgIpc) is 2.90. The summed E-state index contributed by atoms with van der Waals surface area (Å²) in [6, 6.07) is 12.2. The maximum absolute atomic E-state index is 9.35. The van der Waals surface area contributed by atoms with Gasteiger partial charge in [-0.2, -0.15) is 5.26 Å². The molecule has 94 valence electrons. The number of hydrogen-bond acceptors (Lipinski definition) is 4. The van der Waals surface area contributed by atoms with Crippen LogP contribution in [0.4, 0.5) is 0 Å². The molecular weight excluding hydrogens is 256 g/mol. The topological polar surface area (TPSA) is 59.0 Å². The van der Waals surface area contributed by atoms with Crippen molar-refractivity contribution < 1.29 is 4.74 Å². The van der Waals surface area contributed by atoms with Crippen LogP contribution < -0.4 is 10.5 Å². The summed E-state index contributed by atoms with van der Waals surface area (Å²) in [6.07, 6.45) is 0. The Hall–Kier alpha value is -2.25. The van der Waals surface area contributed by atoms with Crippen LogP contribution in [0.3, 0.4) is 0 Å². The lowest BCUT2D eigenvalue weighted by Gasteiger charge is -2.25. The van der Waals surface area contributed by atoms with Crippen molar-refractivity contribution in [3.8, 4) is 11.8 Å². The van der Waals surface area contributed by atoms with Gasteiger partial charge >= 0.3 is 0 Å². The molecule has 1 aliphatic heterocycles. The monoisotopic (exact) mass is 268 g/mol. The van der Waals surface area contributed by atoms with Gasteiger partial charge in [-0.1, -0.05) is 18.2 Å². The molecule has 2 aromatic rings. The van der Waals surface area contributed by atoms with E-state index >= 15 is 0 Å². The van der Waals surface area contributed by atoms with Crippen LogP contribution in [0.1, 0.15) is 21.9 Å². The zero-order valence-corrected chi connectivity index (χ0v) is 11.2. The minimum Gasteiger partial charge on any atom is -0.440 e. The van der Waals surface area contributed by atoms with Crippen molar-refractivity contribution in [1.82, 2.24) is 0 Å². The van der Waals surface area contributed by atoms with Crippen LogP contribution in [-0.2, 0) is 0 Å². The number of thiophene rings is 1. The van der Waals surface area contributed by atoms with Crippen molar-refractivity contribution in [2.24, 2.45) is 5.73 Å². The summed E-state index contributed by atoms with van der Waals surface area (Å²) in [5.41, 5.74) is 8.48. The fourth-order valence-electron chi connectivity index (χ4n) is 2.31. The molecule has 0 amide bonds. The summed E-state index contributed by atoms with van der Waals surface area (Å²) in [7, 11) is 0. The average molecular weight is 268 g/mol. The Balaban J connectivity index is 2.23. The highest BCUT2D eigenvalue weighted by molar-refractivity contribution is 7.10. The SMILES string of the molecule is Cc1ccc2c(c1)OC(N)=C(C#N)C2c1cccs1. The minimum atomic E-state index is -0.116. The smallest absolute Gasteiger partial charge is 0.205 e. The largest absolute Gasteiger partial charge is 0.440 e. The van der Waals surface area contributed by atoms with E-state index < -0.39 is 0 Å². The van der Waals surface area contributed by atoms with Gasteiger partial charge in [0.05, 0.1) is 5.92 Å². The summed E-state index contributed by atoms with van der Waals surface area (Å²) in [5.74, 6) is 0.836. The van der Waals surface area contributed by atoms with Gasteiger partial charge in [-0.15, -0.1) is 11.3 Å². The second-order valence-corrected chi connectivity index (χ2v) is 5.46. The summed E-state index contributed by atoms with van der Waals surface area (Å²) >= 11 is 1.62. The molecule has 2 N–H and O–H groups in total. The first-order valence-electron chi connectivity index (χ1n) is 5.92. The molecule has 3 rings (SSSR count). The number of allylic oxidation sites excluding steroid dienone is 1.